The van der Waals surface area contributed by atoms with Crippen LogP contribution in [0, 0.1) is 5.92 Å². The third kappa shape index (κ3) is 4.58. The highest BCUT2D eigenvalue weighted by Crippen LogP contribution is 2.30. The van der Waals surface area contributed by atoms with E-state index < -0.39 is 10.0 Å². The molecule has 0 spiro atoms. The van der Waals surface area contributed by atoms with Crippen molar-refractivity contribution in [2.45, 2.75) is 36.6 Å². The Hall–Kier alpha value is -0.340. The van der Waals surface area contributed by atoms with E-state index in [1.54, 1.807) is 12.1 Å². The molecule has 1 aliphatic rings. The highest BCUT2D eigenvalue weighted by atomic mass is 79.9. The Morgan fingerprint density at radius 2 is 2.05 bits per heavy atom. The Labute approximate surface area is 146 Å². The first kappa shape index (κ1) is 19.7. The number of nitrogens with two attached hydrogens (primary N) is 1. The molecule has 1 aliphatic carbocycles. The van der Waals surface area contributed by atoms with Crippen molar-refractivity contribution in [3.63, 3.8) is 0 Å². The topological polar surface area (TPSA) is 81.4 Å². The molecule has 0 heterocycles. The smallest absolute Gasteiger partial charge is 0.242 e. The Morgan fingerprint density at radius 1 is 1.41 bits per heavy atom. The van der Waals surface area contributed by atoms with E-state index >= 15 is 0 Å². The molecule has 126 valence electrons. The molecule has 2 rings (SSSR count). The number of methoxy groups -OCH3 is 1. The van der Waals surface area contributed by atoms with Crippen LogP contribution in [-0.2, 0) is 10.0 Å². The van der Waals surface area contributed by atoms with E-state index in [1.807, 2.05) is 0 Å². The SMILES string of the molecule is COc1ccc(Br)c(S(=O)(=O)NC(CN)C2CCCC2)c1.Cl. The van der Waals surface area contributed by atoms with Gasteiger partial charge < -0.3 is 10.5 Å². The van der Waals surface area contributed by atoms with Crippen LogP contribution in [0.1, 0.15) is 25.7 Å². The summed E-state index contributed by atoms with van der Waals surface area (Å²) in [6, 6.07) is 4.67. The number of benzene rings is 1. The zero-order chi connectivity index (χ0) is 15.5. The van der Waals surface area contributed by atoms with Gasteiger partial charge in [-0.1, -0.05) is 12.8 Å². The molecule has 1 saturated carbocycles. The van der Waals surface area contributed by atoms with Gasteiger partial charge in [0.1, 0.15) is 5.75 Å². The molecular weight excluding hydrogens is 392 g/mol. The van der Waals surface area contributed by atoms with Gasteiger partial charge in [-0.25, -0.2) is 13.1 Å². The molecule has 0 aliphatic heterocycles. The largest absolute Gasteiger partial charge is 0.497 e. The van der Waals surface area contributed by atoms with E-state index in [0.29, 0.717) is 22.7 Å². The van der Waals surface area contributed by atoms with Gasteiger partial charge in [-0.3, -0.25) is 0 Å². The van der Waals surface area contributed by atoms with Gasteiger partial charge in [0.2, 0.25) is 10.0 Å². The first-order valence-electron chi connectivity index (χ1n) is 7.04. The van der Waals surface area contributed by atoms with Crippen molar-refractivity contribution in [2.75, 3.05) is 13.7 Å². The summed E-state index contributed by atoms with van der Waals surface area (Å²) in [5, 5.41) is 0. The molecule has 0 bridgehead atoms. The van der Waals surface area contributed by atoms with Crippen molar-refractivity contribution in [1.82, 2.24) is 4.72 Å². The quantitative estimate of drug-likeness (QED) is 0.751. The molecule has 3 N–H and O–H groups in total. The maximum Gasteiger partial charge on any atom is 0.242 e. The summed E-state index contributed by atoms with van der Waals surface area (Å²) in [6.45, 7) is 0.311. The third-order valence-corrected chi connectivity index (χ3v) is 6.44. The number of ether oxygens (including phenoxy) is 1. The number of halogens is 2. The molecule has 1 fully saturated rings. The lowest BCUT2D eigenvalue weighted by molar-refractivity contribution is 0.404. The zero-order valence-electron chi connectivity index (χ0n) is 12.4. The second-order valence-electron chi connectivity index (χ2n) is 5.30. The fraction of sp³-hybridized carbons (Fsp3) is 0.571. The first-order valence-corrected chi connectivity index (χ1v) is 9.31. The molecule has 0 radical (unpaired) electrons. The summed E-state index contributed by atoms with van der Waals surface area (Å²) in [6.07, 6.45) is 4.35. The number of rotatable bonds is 6. The Morgan fingerprint density at radius 3 is 2.59 bits per heavy atom. The van der Waals surface area contributed by atoms with Crippen molar-refractivity contribution < 1.29 is 13.2 Å². The van der Waals surface area contributed by atoms with Gasteiger partial charge >= 0.3 is 0 Å². The van der Waals surface area contributed by atoms with Crippen LogP contribution in [0.5, 0.6) is 5.75 Å². The minimum atomic E-state index is -3.63. The highest BCUT2D eigenvalue weighted by Gasteiger charge is 2.29. The average molecular weight is 414 g/mol. The summed E-state index contributed by atoms with van der Waals surface area (Å²) in [7, 11) is -2.12. The molecule has 1 aromatic carbocycles. The summed E-state index contributed by atoms with van der Waals surface area (Å²) < 4.78 is 33.6. The molecule has 1 unspecified atom stereocenters. The Bertz CT molecular complexity index is 592. The minimum Gasteiger partial charge on any atom is -0.497 e. The van der Waals surface area contributed by atoms with Gasteiger partial charge in [0.15, 0.2) is 0 Å². The zero-order valence-corrected chi connectivity index (χ0v) is 15.6. The van der Waals surface area contributed by atoms with E-state index in [1.165, 1.54) is 13.2 Å². The summed E-state index contributed by atoms with van der Waals surface area (Å²) in [5.74, 6) is 0.831. The number of hydrogen-bond donors (Lipinski definition) is 2. The van der Waals surface area contributed by atoms with Crippen molar-refractivity contribution in [3.8, 4) is 5.75 Å². The Kier molecular flexibility index (Phi) is 7.61. The highest BCUT2D eigenvalue weighted by molar-refractivity contribution is 9.10. The van der Waals surface area contributed by atoms with E-state index in [-0.39, 0.29) is 23.3 Å². The molecule has 0 amide bonds. The van der Waals surface area contributed by atoms with Crippen LogP contribution in [0.2, 0.25) is 0 Å². The predicted molar refractivity (Wildman–Crippen MR) is 93.1 cm³/mol. The third-order valence-electron chi connectivity index (χ3n) is 3.96. The fourth-order valence-electron chi connectivity index (χ4n) is 2.78. The summed E-state index contributed by atoms with van der Waals surface area (Å²) in [4.78, 5) is 0.179. The molecule has 1 atom stereocenters. The maximum absolute atomic E-state index is 12.6. The van der Waals surface area contributed by atoms with Crippen LogP contribution in [0.25, 0.3) is 0 Å². The van der Waals surface area contributed by atoms with Gasteiger partial charge in [0.05, 0.1) is 12.0 Å². The Balaban J connectivity index is 0.00000242. The van der Waals surface area contributed by atoms with Crippen LogP contribution in [0.4, 0.5) is 0 Å². The predicted octanol–water partition coefficient (Wildman–Crippen LogP) is 2.68. The standard InChI is InChI=1S/C14H21BrN2O3S.ClH/c1-20-11-6-7-12(15)14(8-11)21(18,19)17-13(9-16)10-4-2-3-5-10;/h6-8,10,13,17H,2-5,9,16H2,1H3;1H. The van der Waals surface area contributed by atoms with E-state index in [9.17, 15) is 8.42 Å². The normalized spacial score (nSPS) is 17.0. The molecule has 5 nitrogen and oxygen atoms in total. The molecule has 22 heavy (non-hydrogen) atoms. The second-order valence-corrected chi connectivity index (χ2v) is 7.84. The minimum absolute atomic E-state index is 0. The summed E-state index contributed by atoms with van der Waals surface area (Å²) in [5.41, 5.74) is 5.77. The van der Waals surface area contributed by atoms with Crippen molar-refractivity contribution >= 4 is 38.4 Å². The average Bonchev–Trinajstić information content (AvgIpc) is 2.99. The van der Waals surface area contributed by atoms with Gasteiger partial charge in [-0.15, -0.1) is 12.4 Å². The maximum atomic E-state index is 12.6. The monoisotopic (exact) mass is 412 g/mol. The van der Waals surface area contributed by atoms with Crippen molar-refractivity contribution in [3.05, 3.63) is 22.7 Å². The number of sulfonamides is 1. The molecule has 0 aromatic heterocycles. The lowest BCUT2D eigenvalue weighted by Gasteiger charge is -2.23. The van der Waals surface area contributed by atoms with E-state index in [0.717, 1.165) is 25.7 Å². The van der Waals surface area contributed by atoms with Crippen LogP contribution >= 0.6 is 28.3 Å². The first-order chi connectivity index (χ1) is 9.97. The fourth-order valence-corrected chi connectivity index (χ4v) is 5.07. The molecule has 0 saturated heterocycles. The van der Waals surface area contributed by atoms with Crippen LogP contribution < -0.4 is 15.2 Å². The van der Waals surface area contributed by atoms with Gasteiger partial charge in [-0.2, -0.15) is 0 Å². The molecule has 8 heteroatoms. The van der Waals surface area contributed by atoms with Crippen molar-refractivity contribution in [2.24, 2.45) is 11.7 Å². The number of hydrogen-bond acceptors (Lipinski definition) is 4. The van der Waals surface area contributed by atoms with Crippen LogP contribution in [0.15, 0.2) is 27.6 Å². The van der Waals surface area contributed by atoms with Gasteiger partial charge in [0.25, 0.3) is 0 Å². The molecule has 1 aromatic rings. The van der Waals surface area contributed by atoms with Gasteiger partial charge in [0, 0.05) is 23.1 Å². The van der Waals surface area contributed by atoms with Crippen LogP contribution in [-0.4, -0.2) is 28.1 Å². The van der Waals surface area contributed by atoms with Gasteiger partial charge in [-0.05, 0) is 46.8 Å². The van der Waals surface area contributed by atoms with E-state index in [4.69, 9.17) is 10.5 Å². The lowest BCUT2D eigenvalue weighted by atomic mass is 9.99. The lowest BCUT2D eigenvalue weighted by Crippen LogP contribution is -2.44. The molecular formula is C14H22BrClN2O3S. The van der Waals surface area contributed by atoms with Crippen LogP contribution in [0.3, 0.4) is 0 Å². The number of nitrogens with one attached hydrogen (secondary N) is 1. The second kappa shape index (κ2) is 8.49. The van der Waals surface area contributed by atoms with E-state index in [2.05, 4.69) is 20.7 Å². The van der Waals surface area contributed by atoms with Crippen molar-refractivity contribution in [1.29, 1.82) is 0 Å². The summed E-state index contributed by atoms with van der Waals surface area (Å²) >= 11 is 3.28.